The molecule has 3 rings (SSSR count). The van der Waals surface area contributed by atoms with Crippen LogP contribution in [0.2, 0.25) is 0 Å². The van der Waals surface area contributed by atoms with Gasteiger partial charge in [0.05, 0.1) is 18.5 Å². The molecule has 1 fully saturated rings. The van der Waals surface area contributed by atoms with Crippen molar-refractivity contribution >= 4 is 24.6 Å². The van der Waals surface area contributed by atoms with Gasteiger partial charge >= 0.3 is 7.60 Å². The van der Waals surface area contributed by atoms with Crippen molar-refractivity contribution in [3.05, 3.63) is 12.7 Å². The van der Waals surface area contributed by atoms with Crippen LogP contribution in [-0.4, -0.2) is 41.3 Å². The predicted molar refractivity (Wildman–Crippen MR) is 78.9 cm³/mol. The molecule has 0 spiro atoms. The first-order valence-corrected chi connectivity index (χ1v) is 8.53. The molecular formula is C12H18N5O4P. The lowest BCUT2D eigenvalue weighted by molar-refractivity contribution is 0.0142. The second kappa shape index (κ2) is 4.73. The minimum atomic E-state index is -4.22. The molecule has 4 N–H and O–H groups in total. The van der Waals surface area contributed by atoms with Crippen LogP contribution in [0.15, 0.2) is 12.7 Å². The fraction of sp³-hybridized carbons (Fsp3) is 0.583. The number of ether oxygens (including phenoxy) is 1. The van der Waals surface area contributed by atoms with Crippen molar-refractivity contribution in [1.29, 1.82) is 0 Å². The first-order valence-electron chi connectivity index (χ1n) is 6.73. The molecule has 9 nitrogen and oxygen atoms in total. The summed E-state index contributed by atoms with van der Waals surface area (Å²) in [6.07, 6.45) is 3.05. The lowest BCUT2D eigenvalue weighted by Gasteiger charge is -2.22. The summed E-state index contributed by atoms with van der Waals surface area (Å²) in [6.45, 7) is 4.39. The van der Waals surface area contributed by atoms with E-state index in [4.69, 9.17) is 20.3 Å². The number of hydrogen-bond acceptors (Lipinski definition) is 6. The number of aromatic nitrogens is 4. The van der Waals surface area contributed by atoms with E-state index in [1.165, 1.54) is 6.33 Å². The maximum Gasteiger partial charge on any atom is 0.351 e. The average Bonchev–Trinajstić information content (AvgIpc) is 2.75. The first kappa shape index (κ1) is 15.4. The Bertz CT molecular complexity index is 770. The van der Waals surface area contributed by atoms with Crippen LogP contribution >= 0.6 is 7.60 Å². The Morgan fingerprint density at radius 2 is 2.09 bits per heavy atom. The van der Waals surface area contributed by atoms with Gasteiger partial charge in [0.1, 0.15) is 18.2 Å². The van der Waals surface area contributed by atoms with E-state index in [2.05, 4.69) is 15.0 Å². The van der Waals surface area contributed by atoms with Gasteiger partial charge in [-0.05, 0) is 11.8 Å². The topological polar surface area (TPSA) is 136 Å². The van der Waals surface area contributed by atoms with Crippen LogP contribution in [0, 0.1) is 5.41 Å². The number of rotatable bonds is 5. The zero-order chi connectivity index (χ0) is 16.2. The second-order valence-corrected chi connectivity index (χ2v) is 7.88. The lowest BCUT2D eigenvalue weighted by atomic mass is 10.1. The summed E-state index contributed by atoms with van der Waals surface area (Å²) in [5, 5.41) is 0. The Morgan fingerprint density at radius 1 is 1.41 bits per heavy atom. The monoisotopic (exact) mass is 327 g/mol. The second-order valence-electron chi connectivity index (χ2n) is 6.30. The summed E-state index contributed by atoms with van der Waals surface area (Å²) < 4.78 is 18.5. The SMILES string of the molecule is CC1(C)CC1(Cn1cnc2c(N)ncnc21)OCP(=O)(O)O. The van der Waals surface area contributed by atoms with E-state index in [9.17, 15) is 4.57 Å². The summed E-state index contributed by atoms with van der Waals surface area (Å²) >= 11 is 0. The highest BCUT2D eigenvalue weighted by molar-refractivity contribution is 7.51. The summed E-state index contributed by atoms with van der Waals surface area (Å²) in [6, 6.07) is 0. The average molecular weight is 327 g/mol. The number of imidazole rings is 1. The summed E-state index contributed by atoms with van der Waals surface area (Å²) in [5.41, 5.74) is 6.01. The largest absolute Gasteiger partial charge is 0.382 e. The van der Waals surface area contributed by atoms with Gasteiger partial charge in [0.15, 0.2) is 11.5 Å². The molecule has 2 aromatic heterocycles. The zero-order valence-corrected chi connectivity index (χ0v) is 13.2. The van der Waals surface area contributed by atoms with E-state index >= 15 is 0 Å². The molecule has 0 bridgehead atoms. The Labute approximate surface area is 126 Å². The molecule has 0 amide bonds. The van der Waals surface area contributed by atoms with Gasteiger partial charge in [-0.15, -0.1) is 0 Å². The van der Waals surface area contributed by atoms with Gasteiger partial charge in [-0.25, -0.2) is 15.0 Å². The molecule has 1 aliphatic carbocycles. The molecule has 22 heavy (non-hydrogen) atoms. The Kier molecular flexibility index (Phi) is 3.30. The van der Waals surface area contributed by atoms with Gasteiger partial charge < -0.3 is 24.8 Å². The number of hydrogen-bond donors (Lipinski definition) is 3. The highest BCUT2D eigenvalue weighted by Gasteiger charge is 2.63. The molecular weight excluding hydrogens is 309 g/mol. The fourth-order valence-electron chi connectivity index (χ4n) is 2.73. The molecule has 2 aromatic rings. The first-order chi connectivity index (χ1) is 10.1. The smallest absolute Gasteiger partial charge is 0.351 e. The number of fused-ring (bicyclic) bond motifs is 1. The molecule has 10 heteroatoms. The Morgan fingerprint density at radius 3 is 2.68 bits per heavy atom. The van der Waals surface area contributed by atoms with Crippen molar-refractivity contribution < 1.29 is 19.1 Å². The number of nitrogen functional groups attached to an aromatic ring is 1. The summed E-state index contributed by atoms with van der Waals surface area (Å²) in [4.78, 5) is 30.3. The van der Waals surface area contributed by atoms with E-state index in [0.717, 1.165) is 0 Å². The van der Waals surface area contributed by atoms with E-state index in [0.29, 0.717) is 29.9 Å². The van der Waals surface area contributed by atoms with E-state index in [1.807, 2.05) is 13.8 Å². The van der Waals surface area contributed by atoms with Crippen LogP contribution in [0.1, 0.15) is 20.3 Å². The Hall–Kier alpha value is -1.54. The van der Waals surface area contributed by atoms with Crippen LogP contribution in [0.5, 0.6) is 0 Å². The van der Waals surface area contributed by atoms with Crippen LogP contribution in [0.4, 0.5) is 5.82 Å². The molecule has 120 valence electrons. The summed E-state index contributed by atoms with van der Waals surface area (Å²) in [5.74, 6) is 0.295. The van der Waals surface area contributed by atoms with E-state index < -0.39 is 19.5 Å². The van der Waals surface area contributed by atoms with Crippen LogP contribution in [0.25, 0.3) is 11.2 Å². The normalized spacial score (nSPS) is 23.8. The quantitative estimate of drug-likeness (QED) is 0.684. The third-order valence-corrected chi connectivity index (χ3v) is 4.67. The van der Waals surface area contributed by atoms with Crippen LogP contribution in [0.3, 0.4) is 0 Å². The predicted octanol–water partition coefficient (Wildman–Crippen LogP) is 0.729. The lowest BCUT2D eigenvalue weighted by Crippen LogP contribution is -2.28. The van der Waals surface area contributed by atoms with Gasteiger partial charge in [-0.3, -0.25) is 4.57 Å². The molecule has 0 aromatic carbocycles. The zero-order valence-electron chi connectivity index (χ0n) is 12.3. The van der Waals surface area contributed by atoms with E-state index in [-0.39, 0.29) is 5.41 Å². The minimum absolute atomic E-state index is 0.183. The minimum Gasteiger partial charge on any atom is -0.382 e. The van der Waals surface area contributed by atoms with Crippen molar-refractivity contribution in [2.45, 2.75) is 32.4 Å². The van der Waals surface area contributed by atoms with Gasteiger partial charge in [0, 0.05) is 0 Å². The van der Waals surface area contributed by atoms with Crippen LogP contribution < -0.4 is 5.73 Å². The van der Waals surface area contributed by atoms with Crippen LogP contribution in [-0.2, 0) is 15.8 Å². The highest BCUT2D eigenvalue weighted by atomic mass is 31.2. The van der Waals surface area contributed by atoms with Gasteiger partial charge in [-0.2, -0.15) is 0 Å². The molecule has 1 aliphatic rings. The Balaban J connectivity index is 1.88. The van der Waals surface area contributed by atoms with Gasteiger partial charge in [0.25, 0.3) is 0 Å². The van der Waals surface area contributed by atoms with Crippen molar-refractivity contribution in [1.82, 2.24) is 19.5 Å². The number of anilines is 1. The molecule has 1 atom stereocenters. The molecule has 2 heterocycles. The molecule has 1 unspecified atom stereocenters. The molecule has 0 saturated heterocycles. The number of nitrogens with two attached hydrogens (primary N) is 1. The van der Waals surface area contributed by atoms with Crippen molar-refractivity contribution in [3.8, 4) is 0 Å². The van der Waals surface area contributed by atoms with Gasteiger partial charge in [0.2, 0.25) is 0 Å². The van der Waals surface area contributed by atoms with Crippen molar-refractivity contribution in [2.75, 3.05) is 12.1 Å². The number of nitrogens with zero attached hydrogens (tertiary/aromatic N) is 4. The highest BCUT2D eigenvalue weighted by Crippen LogP contribution is 2.60. The molecule has 0 aliphatic heterocycles. The van der Waals surface area contributed by atoms with E-state index in [1.54, 1.807) is 10.9 Å². The molecule has 1 saturated carbocycles. The van der Waals surface area contributed by atoms with Crippen molar-refractivity contribution in [2.24, 2.45) is 5.41 Å². The molecule has 0 radical (unpaired) electrons. The summed E-state index contributed by atoms with van der Waals surface area (Å²) in [7, 11) is -4.22. The third-order valence-electron chi connectivity index (χ3n) is 4.20. The fourth-order valence-corrected chi connectivity index (χ4v) is 3.14. The maximum absolute atomic E-state index is 11.1. The van der Waals surface area contributed by atoms with Gasteiger partial charge in [-0.1, -0.05) is 13.8 Å². The maximum atomic E-state index is 11.1. The standard InChI is InChI=1S/C12H18N5O4P/c1-11(2)3-12(11,21-7-22(18,19)20)4-17-6-16-8-9(13)14-5-15-10(8)17/h5-6H,3-4,7H2,1-2H3,(H2,13,14,15)(H2,18,19,20). The third kappa shape index (κ3) is 2.61. The van der Waals surface area contributed by atoms with Crippen molar-refractivity contribution in [3.63, 3.8) is 0 Å².